The molecule has 14 heavy (non-hydrogen) atoms. The highest BCUT2D eigenvalue weighted by molar-refractivity contribution is 6.49. The zero-order chi connectivity index (χ0) is 10.7. The second-order valence-corrected chi connectivity index (χ2v) is 2.74. The van der Waals surface area contributed by atoms with Crippen molar-refractivity contribution in [3.05, 3.63) is 47.8 Å². The molecule has 0 heterocycles. The average molecular weight is 190 g/mol. The van der Waals surface area contributed by atoms with Crippen LogP contribution < -0.4 is 0 Å². The lowest BCUT2D eigenvalue weighted by atomic mass is 9.91. The van der Waals surface area contributed by atoms with Crippen molar-refractivity contribution < 1.29 is 14.7 Å². The number of allylic oxidation sites excluding steroid dienone is 5. The van der Waals surface area contributed by atoms with Gasteiger partial charge >= 0.3 is 0 Å². The highest BCUT2D eigenvalue weighted by atomic mass is 16.3. The summed E-state index contributed by atoms with van der Waals surface area (Å²) in [5, 5.41) is 9.42. The summed E-state index contributed by atoms with van der Waals surface area (Å²) >= 11 is 0. The number of carbonyl (C=O) groups is 2. The Kier molecular flexibility index (Phi) is 2.82. The fraction of sp³-hybridized carbons (Fsp3) is 0.0909. The Morgan fingerprint density at radius 3 is 2.50 bits per heavy atom. The van der Waals surface area contributed by atoms with Crippen molar-refractivity contribution in [1.82, 2.24) is 0 Å². The van der Waals surface area contributed by atoms with E-state index >= 15 is 0 Å². The Morgan fingerprint density at radius 1 is 1.36 bits per heavy atom. The minimum Gasteiger partial charge on any atom is -0.507 e. The largest absolute Gasteiger partial charge is 0.507 e. The average Bonchev–Trinajstić information content (AvgIpc) is 2.15. The Morgan fingerprint density at radius 2 is 2.00 bits per heavy atom. The lowest BCUT2D eigenvalue weighted by Crippen LogP contribution is -2.21. The van der Waals surface area contributed by atoms with Crippen molar-refractivity contribution in [1.29, 1.82) is 0 Å². The molecule has 0 atom stereocenters. The Labute approximate surface area is 81.7 Å². The van der Waals surface area contributed by atoms with Gasteiger partial charge in [-0.05, 0) is 6.92 Å². The molecule has 0 unspecified atom stereocenters. The minimum absolute atomic E-state index is 0.192. The molecule has 1 rings (SSSR count). The van der Waals surface area contributed by atoms with Gasteiger partial charge in [-0.1, -0.05) is 24.8 Å². The van der Waals surface area contributed by atoms with Crippen LogP contribution in [-0.4, -0.2) is 16.7 Å². The first-order valence-corrected chi connectivity index (χ1v) is 4.11. The normalized spacial score (nSPS) is 22.8. The first-order valence-electron chi connectivity index (χ1n) is 4.11. The van der Waals surface area contributed by atoms with Crippen LogP contribution in [0.2, 0.25) is 0 Å². The number of Topliss-reactive ketones (excluding diaryl/α,β-unsaturated/α-hetero) is 1. The first-order chi connectivity index (χ1) is 6.61. The Hall–Kier alpha value is -1.90. The molecule has 3 nitrogen and oxygen atoms in total. The molecule has 0 amide bonds. The molecule has 1 aliphatic carbocycles. The third-order valence-electron chi connectivity index (χ3n) is 1.88. The van der Waals surface area contributed by atoms with Gasteiger partial charge < -0.3 is 5.11 Å². The highest BCUT2D eigenvalue weighted by Gasteiger charge is 2.27. The number of aliphatic hydroxyl groups is 1. The molecule has 0 aromatic carbocycles. The maximum atomic E-state index is 11.3. The number of carbonyl (C=O) groups excluding carboxylic acids is 2. The Bertz CT molecular complexity index is 395. The fourth-order valence-electron chi connectivity index (χ4n) is 1.24. The molecule has 0 radical (unpaired) electrons. The van der Waals surface area contributed by atoms with E-state index in [9.17, 15) is 14.7 Å². The van der Waals surface area contributed by atoms with Gasteiger partial charge in [0.15, 0.2) is 0 Å². The summed E-state index contributed by atoms with van der Waals surface area (Å²) < 4.78 is 0. The van der Waals surface area contributed by atoms with E-state index in [1.165, 1.54) is 18.2 Å². The molecule has 0 bridgehead atoms. The molecule has 0 spiro atoms. The molecule has 0 aromatic rings. The summed E-state index contributed by atoms with van der Waals surface area (Å²) in [4.78, 5) is 22.4. The van der Waals surface area contributed by atoms with Crippen molar-refractivity contribution in [3.63, 3.8) is 0 Å². The summed E-state index contributed by atoms with van der Waals surface area (Å²) in [5.41, 5.74) is 0.557. The van der Waals surface area contributed by atoms with Gasteiger partial charge in [-0.2, -0.15) is 0 Å². The van der Waals surface area contributed by atoms with Crippen LogP contribution in [0.25, 0.3) is 0 Å². The standard InChI is InChI=1S/C11H10O3/c1-3-5-8-7(4-2)11(14)10(13)6-9(8)12/h3-6,12H,1H2,2H3/b7-4+,8-5+. The van der Waals surface area contributed by atoms with E-state index in [0.29, 0.717) is 5.57 Å². The maximum Gasteiger partial charge on any atom is 0.233 e. The third-order valence-corrected chi connectivity index (χ3v) is 1.88. The lowest BCUT2D eigenvalue weighted by Gasteiger charge is -2.13. The van der Waals surface area contributed by atoms with Crippen LogP contribution in [0.3, 0.4) is 0 Å². The lowest BCUT2D eigenvalue weighted by molar-refractivity contribution is -0.131. The smallest absolute Gasteiger partial charge is 0.233 e. The molecule has 0 saturated heterocycles. The molecule has 0 saturated carbocycles. The van der Waals surface area contributed by atoms with Gasteiger partial charge in [-0.3, -0.25) is 9.59 Å². The zero-order valence-electron chi connectivity index (χ0n) is 7.78. The van der Waals surface area contributed by atoms with Gasteiger partial charge in [-0.15, -0.1) is 0 Å². The van der Waals surface area contributed by atoms with Crippen molar-refractivity contribution in [2.75, 3.05) is 0 Å². The van der Waals surface area contributed by atoms with E-state index in [1.54, 1.807) is 6.92 Å². The van der Waals surface area contributed by atoms with Crippen molar-refractivity contribution in [2.24, 2.45) is 0 Å². The quantitative estimate of drug-likeness (QED) is 0.505. The van der Waals surface area contributed by atoms with Gasteiger partial charge in [0.25, 0.3) is 0 Å². The summed E-state index contributed by atoms with van der Waals surface area (Å²) in [7, 11) is 0. The number of rotatable bonds is 1. The van der Waals surface area contributed by atoms with Crippen LogP contribution in [-0.2, 0) is 9.59 Å². The number of hydrogen-bond acceptors (Lipinski definition) is 3. The topological polar surface area (TPSA) is 54.4 Å². The van der Waals surface area contributed by atoms with E-state index < -0.39 is 11.6 Å². The molecule has 3 heteroatoms. The van der Waals surface area contributed by atoms with E-state index in [2.05, 4.69) is 6.58 Å². The van der Waals surface area contributed by atoms with Crippen LogP contribution in [0, 0.1) is 0 Å². The molecule has 0 fully saturated rings. The van der Waals surface area contributed by atoms with Crippen LogP contribution >= 0.6 is 0 Å². The van der Waals surface area contributed by atoms with Crippen LogP contribution in [0.15, 0.2) is 47.8 Å². The minimum atomic E-state index is -0.697. The zero-order valence-corrected chi connectivity index (χ0v) is 7.78. The van der Waals surface area contributed by atoms with Crippen molar-refractivity contribution in [2.45, 2.75) is 6.92 Å². The monoisotopic (exact) mass is 190 g/mol. The Balaban J connectivity index is 3.36. The van der Waals surface area contributed by atoms with Gasteiger partial charge in [0.1, 0.15) is 5.76 Å². The second-order valence-electron chi connectivity index (χ2n) is 2.74. The van der Waals surface area contributed by atoms with E-state index in [-0.39, 0.29) is 11.3 Å². The molecule has 1 aliphatic rings. The molecule has 72 valence electrons. The van der Waals surface area contributed by atoms with Crippen LogP contribution in [0.5, 0.6) is 0 Å². The summed E-state index contributed by atoms with van der Waals surface area (Å²) in [6, 6.07) is 0. The van der Waals surface area contributed by atoms with Crippen LogP contribution in [0.1, 0.15) is 6.92 Å². The number of hydrogen-bond donors (Lipinski definition) is 1. The van der Waals surface area contributed by atoms with Gasteiger partial charge in [0, 0.05) is 17.2 Å². The van der Waals surface area contributed by atoms with Crippen molar-refractivity contribution in [3.8, 4) is 0 Å². The van der Waals surface area contributed by atoms with E-state index in [1.807, 2.05) is 0 Å². The second kappa shape index (κ2) is 3.87. The highest BCUT2D eigenvalue weighted by Crippen LogP contribution is 2.23. The molecule has 0 aliphatic heterocycles. The van der Waals surface area contributed by atoms with E-state index in [0.717, 1.165) is 6.08 Å². The third kappa shape index (κ3) is 1.57. The first kappa shape index (κ1) is 10.2. The molecule has 1 N–H and O–H groups in total. The van der Waals surface area contributed by atoms with Gasteiger partial charge in [-0.25, -0.2) is 0 Å². The molecular weight excluding hydrogens is 180 g/mol. The van der Waals surface area contributed by atoms with Gasteiger partial charge in [0.05, 0.1) is 0 Å². The summed E-state index contributed by atoms with van der Waals surface area (Å²) in [6.45, 7) is 5.10. The predicted molar refractivity (Wildman–Crippen MR) is 52.8 cm³/mol. The molecular formula is C11H10O3. The van der Waals surface area contributed by atoms with E-state index in [4.69, 9.17) is 0 Å². The fourth-order valence-corrected chi connectivity index (χ4v) is 1.24. The SMILES string of the molecule is C=C/C=C1/C(O)=CC(=O)C(=O)/C1=C/C. The summed E-state index contributed by atoms with van der Waals surface area (Å²) in [6.07, 6.45) is 5.36. The summed E-state index contributed by atoms with van der Waals surface area (Å²) in [5.74, 6) is -1.49. The predicted octanol–water partition coefficient (Wildman–Crippen LogP) is 1.64. The number of ketones is 2. The van der Waals surface area contributed by atoms with Crippen LogP contribution in [0.4, 0.5) is 0 Å². The molecule has 0 aromatic heterocycles. The number of aliphatic hydroxyl groups excluding tert-OH is 1. The van der Waals surface area contributed by atoms with Crippen molar-refractivity contribution >= 4 is 11.6 Å². The van der Waals surface area contributed by atoms with Gasteiger partial charge in [0.2, 0.25) is 11.6 Å². The maximum absolute atomic E-state index is 11.3.